The highest BCUT2D eigenvalue weighted by Gasteiger charge is 2.49. The van der Waals surface area contributed by atoms with E-state index >= 15 is 0 Å². The minimum Gasteiger partial charge on any atom is -0.279 e. The number of hydrogen-bond acceptors (Lipinski definition) is 1. The van der Waals surface area contributed by atoms with Gasteiger partial charge in [0.1, 0.15) is 0 Å². The summed E-state index contributed by atoms with van der Waals surface area (Å²) in [6, 6.07) is 38.6. The molecule has 1 fully saturated rings. The van der Waals surface area contributed by atoms with Crippen LogP contribution in [-0.2, 0) is 0 Å². The van der Waals surface area contributed by atoms with E-state index in [1.165, 1.54) is 27.5 Å². The maximum atomic E-state index is 2.63. The first-order valence-electron chi connectivity index (χ1n) is 9.69. The van der Waals surface area contributed by atoms with Crippen molar-refractivity contribution in [2.75, 3.05) is 0 Å². The van der Waals surface area contributed by atoms with Crippen molar-refractivity contribution < 1.29 is 0 Å². The van der Waals surface area contributed by atoms with Crippen molar-refractivity contribution in [3.8, 4) is 0 Å². The fraction of sp³-hybridized carbons (Fsp3) is 0.154. The highest BCUT2D eigenvalue weighted by Crippen LogP contribution is 2.51. The lowest BCUT2D eigenvalue weighted by molar-refractivity contribution is 0.414. The van der Waals surface area contributed by atoms with E-state index in [9.17, 15) is 0 Å². The lowest BCUT2D eigenvalue weighted by Crippen LogP contribution is -2.13. The molecule has 0 N–H and O–H groups in total. The van der Waals surface area contributed by atoms with Crippen molar-refractivity contribution in [1.29, 1.82) is 0 Å². The molecule has 1 unspecified atom stereocenters. The number of fused-ring (bicyclic) bond motifs is 1. The Morgan fingerprint density at radius 3 is 1.81 bits per heavy atom. The normalized spacial score (nSPS) is 21.5. The van der Waals surface area contributed by atoms with Crippen LogP contribution >= 0.6 is 0 Å². The lowest BCUT2D eigenvalue weighted by Gasteiger charge is -2.21. The molecule has 1 heterocycles. The maximum Gasteiger partial charge on any atom is 0.0611 e. The van der Waals surface area contributed by atoms with Crippen molar-refractivity contribution in [3.05, 3.63) is 120 Å². The molecular formula is C26H23N. The second-order valence-corrected chi connectivity index (χ2v) is 7.46. The van der Waals surface area contributed by atoms with E-state index in [1.54, 1.807) is 0 Å². The van der Waals surface area contributed by atoms with Gasteiger partial charge in [0.05, 0.1) is 12.1 Å². The van der Waals surface area contributed by atoms with Crippen LogP contribution in [0, 0.1) is 0 Å². The molecule has 5 rings (SSSR count). The molecule has 0 spiro atoms. The number of benzene rings is 4. The third-order valence-electron chi connectivity index (χ3n) is 5.80. The minimum absolute atomic E-state index is 0.291. The zero-order valence-corrected chi connectivity index (χ0v) is 15.5. The maximum absolute atomic E-state index is 2.63. The second kappa shape index (κ2) is 6.68. The summed E-state index contributed by atoms with van der Waals surface area (Å²) in [4.78, 5) is 2.63. The zero-order chi connectivity index (χ0) is 18.2. The third-order valence-corrected chi connectivity index (χ3v) is 5.80. The van der Waals surface area contributed by atoms with Crippen LogP contribution in [0.2, 0.25) is 0 Å². The molecule has 0 aliphatic carbocycles. The van der Waals surface area contributed by atoms with E-state index in [0.29, 0.717) is 18.1 Å². The van der Waals surface area contributed by atoms with E-state index in [-0.39, 0.29) is 0 Å². The van der Waals surface area contributed by atoms with Crippen LogP contribution in [0.4, 0.5) is 0 Å². The Morgan fingerprint density at radius 1 is 0.630 bits per heavy atom. The van der Waals surface area contributed by atoms with Gasteiger partial charge in [-0.2, -0.15) is 0 Å². The smallest absolute Gasteiger partial charge is 0.0611 e. The van der Waals surface area contributed by atoms with Gasteiger partial charge in [0.2, 0.25) is 0 Å². The Balaban J connectivity index is 1.54. The van der Waals surface area contributed by atoms with Gasteiger partial charge in [0.15, 0.2) is 0 Å². The van der Waals surface area contributed by atoms with E-state index in [1.807, 2.05) is 0 Å². The van der Waals surface area contributed by atoms with Crippen molar-refractivity contribution >= 4 is 10.8 Å². The summed E-state index contributed by atoms with van der Waals surface area (Å²) in [6.07, 6.45) is 0. The monoisotopic (exact) mass is 349 g/mol. The van der Waals surface area contributed by atoms with Gasteiger partial charge in [0, 0.05) is 6.04 Å². The van der Waals surface area contributed by atoms with E-state index in [2.05, 4.69) is 115 Å². The first-order valence-corrected chi connectivity index (χ1v) is 9.69. The summed E-state index contributed by atoms with van der Waals surface area (Å²) in [5.74, 6) is 0. The molecule has 0 aromatic heterocycles. The molecule has 27 heavy (non-hydrogen) atoms. The Labute approximate surface area is 160 Å². The number of hydrogen-bond donors (Lipinski definition) is 0. The van der Waals surface area contributed by atoms with Crippen molar-refractivity contribution in [2.24, 2.45) is 0 Å². The summed E-state index contributed by atoms with van der Waals surface area (Å²) in [7, 11) is 0. The molecule has 0 bridgehead atoms. The fourth-order valence-electron chi connectivity index (χ4n) is 4.42. The molecule has 4 aromatic carbocycles. The Hall–Kier alpha value is -2.90. The van der Waals surface area contributed by atoms with Gasteiger partial charge in [-0.05, 0) is 40.5 Å². The van der Waals surface area contributed by atoms with Crippen LogP contribution in [-0.4, -0.2) is 10.9 Å². The molecule has 0 radical (unpaired) electrons. The molecular weight excluding hydrogens is 326 g/mol. The van der Waals surface area contributed by atoms with Gasteiger partial charge < -0.3 is 0 Å². The zero-order valence-electron chi connectivity index (χ0n) is 15.5. The summed E-state index contributed by atoms with van der Waals surface area (Å²) in [5, 5.41) is 2.63. The predicted octanol–water partition coefficient (Wildman–Crippen LogP) is 6.37. The van der Waals surface area contributed by atoms with Gasteiger partial charge in [-0.3, -0.25) is 4.90 Å². The molecule has 1 heteroatoms. The standard InChI is InChI=1S/C26H23N/c1-19-25(24-17-16-20-10-8-9-15-23(20)18-24)27(19)26(21-11-4-2-5-12-21)22-13-6-3-7-14-22/h2-19,25-26H,1H3/t19-,25-,27?/m0/s1. The van der Waals surface area contributed by atoms with E-state index < -0.39 is 0 Å². The van der Waals surface area contributed by atoms with Gasteiger partial charge >= 0.3 is 0 Å². The molecule has 1 aliphatic rings. The number of rotatable bonds is 4. The lowest BCUT2D eigenvalue weighted by atomic mass is 9.98. The van der Waals surface area contributed by atoms with Crippen LogP contribution in [0.1, 0.15) is 35.7 Å². The Kier molecular flexibility index (Phi) is 4.03. The summed E-state index contributed by atoms with van der Waals surface area (Å²) in [5.41, 5.74) is 4.13. The van der Waals surface area contributed by atoms with Crippen LogP contribution in [0.5, 0.6) is 0 Å². The molecule has 132 valence electrons. The predicted molar refractivity (Wildman–Crippen MR) is 113 cm³/mol. The fourth-order valence-corrected chi connectivity index (χ4v) is 4.42. The van der Waals surface area contributed by atoms with Crippen LogP contribution in [0.3, 0.4) is 0 Å². The van der Waals surface area contributed by atoms with Crippen molar-refractivity contribution in [2.45, 2.75) is 25.0 Å². The minimum atomic E-state index is 0.291. The first kappa shape index (κ1) is 16.3. The van der Waals surface area contributed by atoms with Crippen LogP contribution < -0.4 is 0 Å². The largest absolute Gasteiger partial charge is 0.279 e. The molecule has 1 aliphatic heterocycles. The topological polar surface area (TPSA) is 3.01 Å². The van der Waals surface area contributed by atoms with Gasteiger partial charge in [-0.1, -0.05) is 97.1 Å². The van der Waals surface area contributed by atoms with Crippen molar-refractivity contribution in [3.63, 3.8) is 0 Å². The molecule has 4 aromatic rings. The average molecular weight is 349 g/mol. The van der Waals surface area contributed by atoms with Crippen LogP contribution in [0.25, 0.3) is 10.8 Å². The van der Waals surface area contributed by atoms with Gasteiger partial charge in [0.25, 0.3) is 0 Å². The quantitative estimate of drug-likeness (QED) is 0.387. The summed E-state index contributed by atoms with van der Waals surface area (Å²) >= 11 is 0. The van der Waals surface area contributed by atoms with Gasteiger partial charge in [-0.15, -0.1) is 0 Å². The molecule has 1 saturated heterocycles. The Morgan fingerprint density at radius 2 is 1.19 bits per heavy atom. The van der Waals surface area contributed by atoms with E-state index in [4.69, 9.17) is 0 Å². The van der Waals surface area contributed by atoms with Crippen LogP contribution in [0.15, 0.2) is 103 Å². The third kappa shape index (κ3) is 2.94. The summed E-state index contributed by atoms with van der Waals surface area (Å²) in [6.45, 7) is 2.35. The highest BCUT2D eigenvalue weighted by atomic mass is 15.4. The molecule has 3 atom stereocenters. The molecule has 1 nitrogen and oxygen atoms in total. The summed E-state index contributed by atoms with van der Waals surface area (Å²) < 4.78 is 0. The van der Waals surface area contributed by atoms with Gasteiger partial charge in [-0.25, -0.2) is 0 Å². The van der Waals surface area contributed by atoms with E-state index in [0.717, 1.165) is 0 Å². The Bertz CT molecular complexity index is 1020. The highest BCUT2D eigenvalue weighted by molar-refractivity contribution is 5.83. The van der Waals surface area contributed by atoms with Crippen molar-refractivity contribution in [1.82, 2.24) is 4.90 Å². The SMILES string of the molecule is C[C@H]1[C@@H](c2ccc3ccccc3c2)N1C(c1ccccc1)c1ccccc1. The number of nitrogens with zero attached hydrogens (tertiary/aromatic N) is 1. The first-order chi connectivity index (χ1) is 13.3. The molecule has 0 saturated carbocycles. The second-order valence-electron chi connectivity index (χ2n) is 7.46. The average Bonchev–Trinajstić information content (AvgIpc) is 3.39. The molecule has 0 amide bonds.